The standard InChI is InChI=1S/C19H25NO6S/c1-11(2)26-19(23)16-12-6-3-4-8-14(12)27-17(16)20-15(21)10-25-18(22)13-7-5-9-24-13/h11,13H,3-10H2,1-2H3,(H,20,21)/t13-/m0/s1. The molecule has 1 aliphatic carbocycles. The van der Waals surface area contributed by atoms with Gasteiger partial charge >= 0.3 is 11.9 Å². The summed E-state index contributed by atoms with van der Waals surface area (Å²) in [6, 6.07) is 0. The molecule has 0 bridgehead atoms. The minimum atomic E-state index is -0.580. The van der Waals surface area contributed by atoms with E-state index in [1.165, 1.54) is 11.3 Å². The second kappa shape index (κ2) is 8.84. The molecular weight excluding hydrogens is 370 g/mol. The number of aryl methyl sites for hydroxylation is 1. The number of thiophene rings is 1. The average Bonchev–Trinajstić information content (AvgIpc) is 3.26. The van der Waals surface area contributed by atoms with Crippen molar-refractivity contribution in [2.24, 2.45) is 0 Å². The number of fused-ring (bicyclic) bond motifs is 1. The lowest BCUT2D eigenvalue weighted by molar-refractivity contribution is -0.156. The maximum Gasteiger partial charge on any atom is 0.341 e. The molecule has 1 aromatic heterocycles. The van der Waals surface area contributed by atoms with Crippen molar-refractivity contribution < 1.29 is 28.6 Å². The number of anilines is 1. The van der Waals surface area contributed by atoms with Crippen molar-refractivity contribution in [2.75, 3.05) is 18.5 Å². The Hall–Kier alpha value is -1.93. The van der Waals surface area contributed by atoms with Crippen LogP contribution in [0.15, 0.2) is 0 Å². The SMILES string of the molecule is CC(C)OC(=O)c1c(NC(=O)COC(=O)[C@@H]2CCCO2)sc2c1CCCC2. The molecule has 1 aliphatic heterocycles. The van der Waals surface area contributed by atoms with Crippen LogP contribution in [0.4, 0.5) is 5.00 Å². The fourth-order valence-electron chi connectivity index (χ4n) is 3.30. The molecular formula is C19H25NO6S. The lowest BCUT2D eigenvalue weighted by Gasteiger charge is -2.14. The Morgan fingerprint density at radius 1 is 1.22 bits per heavy atom. The van der Waals surface area contributed by atoms with Gasteiger partial charge in [-0.05, 0) is 57.9 Å². The Balaban J connectivity index is 1.67. The van der Waals surface area contributed by atoms with Gasteiger partial charge < -0.3 is 19.5 Å². The van der Waals surface area contributed by atoms with Crippen LogP contribution >= 0.6 is 11.3 Å². The van der Waals surface area contributed by atoms with E-state index in [0.29, 0.717) is 23.6 Å². The molecule has 1 atom stereocenters. The van der Waals surface area contributed by atoms with Crippen molar-refractivity contribution in [3.05, 3.63) is 16.0 Å². The lowest BCUT2D eigenvalue weighted by atomic mass is 9.95. The molecule has 2 aliphatic rings. The summed E-state index contributed by atoms with van der Waals surface area (Å²) in [6.07, 6.45) is 4.38. The molecule has 7 nitrogen and oxygen atoms in total. The monoisotopic (exact) mass is 395 g/mol. The molecule has 148 valence electrons. The first-order valence-electron chi connectivity index (χ1n) is 9.39. The quantitative estimate of drug-likeness (QED) is 0.745. The highest BCUT2D eigenvalue weighted by molar-refractivity contribution is 7.17. The molecule has 2 heterocycles. The fraction of sp³-hybridized carbons (Fsp3) is 0.632. The Bertz CT molecular complexity index is 720. The maximum atomic E-state index is 12.6. The number of hydrogen-bond acceptors (Lipinski definition) is 7. The van der Waals surface area contributed by atoms with E-state index in [2.05, 4.69) is 5.32 Å². The molecule has 27 heavy (non-hydrogen) atoms. The minimum absolute atomic E-state index is 0.243. The van der Waals surface area contributed by atoms with Gasteiger partial charge in [-0.2, -0.15) is 0 Å². The first kappa shape index (κ1) is 19.8. The van der Waals surface area contributed by atoms with Gasteiger partial charge in [0.1, 0.15) is 5.00 Å². The van der Waals surface area contributed by atoms with Crippen LogP contribution in [0.25, 0.3) is 0 Å². The Morgan fingerprint density at radius 2 is 2.00 bits per heavy atom. The van der Waals surface area contributed by atoms with Gasteiger partial charge in [0, 0.05) is 11.5 Å². The van der Waals surface area contributed by atoms with E-state index in [1.807, 2.05) is 0 Å². The summed E-state index contributed by atoms with van der Waals surface area (Å²) in [4.78, 5) is 37.8. The topological polar surface area (TPSA) is 90.9 Å². The van der Waals surface area contributed by atoms with Crippen LogP contribution < -0.4 is 5.32 Å². The molecule has 0 radical (unpaired) electrons. The second-order valence-corrected chi connectivity index (χ2v) is 8.13. The number of hydrogen-bond donors (Lipinski definition) is 1. The van der Waals surface area contributed by atoms with E-state index < -0.39 is 30.6 Å². The highest BCUT2D eigenvalue weighted by Gasteiger charge is 2.29. The fourth-order valence-corrected chi connectivity index (χ4v) is 4.59. The van der Waals surface area contributed by atoms with Crippen molar-refractivity contribution in [3.63, 3.8) is 0 Å². The van der Waals surface area contributed by atoms with Gasteiger partial charge in [-0.1, -0.05) is 0 Å². The predicted octanol–water partition coefficient (Wildman–Crippen LogP) is 2.85. The highest BCUT2D eigenvalue weighted by atomic mass is 32.1. The summed E-state index contributed by atoms with van der Waals surface area (Å²) >= 11 is 1.41. The molecule has 0 aromatic carbocycles. The third-order valence-corrected chi connectivity index (χ3v) is 5.72. The Morgan fingerprint density at radius 3 is 2.70 bits per heavy atom. The van der Waals surface area contributed by atoms with Crippen molar-refractivity contribution >= 4 is 34.2 Å². The van der Waals surface area contributed by atoms with E-state index in [4.69, 9.17) is 14.2 Å². The van der Waals surface area contributed by atoms with Crippen molar-refractivity contribution in [2.45, 2.75) is 64.6 Å². The van der Waals surface area contributed by atoms with E-state index in [0.717, 1.165) is 42.5 Å². The third kappa shape index (κ3) is 4.87. The molecule has 1 amide bonds. The summed E-state index contributed by atoms with van der Waals surface area (Å²) < 4.78 is 15.6. The molecule has 0 unspecified atom stereocenters. The molecule has 1 N–H and O–H groups in total. The zero-order valence-electron chi connectivity index (χ0n) is 15.7. The number of carbonyl (C=O) groups is 3. The molecule has 1 aromatic rings. The smallest absolute Gasteiger partial charge is 0.341 e. The van der Waals surface area contributed by atoms with Gasteiger partial charge in [0.15, 0.2) is 12.7 Å². The zero-order valence-corrected chi connectivity index (χ0v) is 16.5. The molecule has 0 spiro atoms. The van der Waals surface area contributed by atoms with Crippen LogP contribution in [-0.2, 0) is 36.6 Å². The van der Waals surface area contributed by atoms with Crippen LogP contribution in [-0.4, -0.2) is 43.3 Å². The molecule has 8 heteroatoms. The highest BCUT2D eigenvalue weighted by Crippen LogP contribution is 2.38. The van der Waals surface area contributed by atoms with Gasteiger partial charge in [-0.15, -0.1) is 11.3 Å². The van der Waals surface area contributed by atoms with Crippen LogP contribution in [0.1, 0.15) is 60.3 Å². The summed E-state index contributed by atoms with van der Waals surface area (Å²) in [6.45, 7) is 3.72. The number of nitrogens with one attached hydrogen (secondary N) is 1. The van der Waals surface area contributed by atoms with Gasteiger partial charge in [0.05, 0.1) is 11.7 Å². The first-order valence-corrected chi connectivity index (χ1v) is 10.2. The predicted molar refractivity (Wildman–Crippen MR) is 100 cm³/mol. The summed E-state index contributed by atoms with van der Waals surface area (Å²) in [5, 5.41) is 3.21. The van der Waals surface area contributed by atoms with Crippen LogP contribution in [0.3, 0.4) is 0 Å². The molecule has 1 fully saturated rings. The number of amides is 1. The van der Waals surface area contributed by atoms with Crippen LogP contribution in [0.5, 0.6) is 0 Å². The van der Waals surface area contributed by atoms with E-state index >= 15 is 0 Å². The van der Waals surface area contributed by atoms with E-state index in [1.54, 1.807) is 13.8 Å². The van der Waals surface area contributed by atoms with E-state index in [-0.39, 0.29) is 6.10 Å². The number of esters is 2. The maximum absolute atomic E-state index is 12.6. The first-order chi connectivity index (χ1) is 13.0. The Kier molecular flexibility index (Phi) is 6.49. The van der Waals surface area contributed by atoms with Crippen molar-refractivity contribution in [1.29, 1.82) is 0 Å². The van der Waals surface area contributed by atoms with Gasteiger partial charge in [0.2, 0.25) is 0 Å². The minimum Gasteiger partial charge on any atom is -0.459 e. The zero-order chi connectivity index (χ0) is 19.4. The summed E-state index contributed by atoms with van der Waals surface area (Å²) in [5.41, 5.74) is 1.42. The summed E-state index contributed by atoms with van der Waals surface area (Å²) in [7, 11) is 0. The van der Waals surface area contributed by atoms with Crippen LogP contribution in [0, 0.1) is 0 Å². The number of ether oxygens (including phenoxy) is 3. The van der Waals surface area contributed by atoms with Gasteiger partial charge in [0.25, 0.3) is 5.91 Å². The molecule has 0 saturated carbocycles. The Labute approximate surface area is 162 Å². The molecule has 1 saturated heterocycles. The second-order valence-electron chi connectivity index (χ2n) is 7.03. The lowest BCUT2D eigenvalue weighted by Crippen LogP contribution is -2.27. The van der Waals surface area contributed by atoms with Crippen molar-refractivity contribution in [1.82, 2.24) is 0 Å². The van der Waals surface area contributed by atoms with Crippen molar-refractivity contribution in [3.8, 4) is 0 Å². The van der Waals surface area contributed by atoms with E-state index in [9.17, 15) is 14.4 Å². The van der Waals surface area contributed by atoms with Crippen LogP contribution in [0.2, 0.25) is 0 Å². The molecule has 3 rings (SSSR count). The third-order valence-electron chi connectivity index (χ3n) is 4.51. The van der Waals surface area contributed by atoms with Gasteiger partial charge in [-0.25, -0.2) is 9.59 Å². The average molecular weight is 395 g/mol. The number of carbonyl (C=O) groups excluding carboxylic acids is 3. The number of rotatable bonds is 6. The normalized spacial score (nSPS) is 18.9. The largest absolute Gasteiger partial charge is 0.459 e. The van der Waals surface area contributed by atoms with Gasteiger partial charge in [-0.3, -0.25) is 4.79 Å². The summed E-state index contributed by atoms with van der Waals surface area (Å²) in [5.74, 6) is -1.41.